The van der Waals surface area contributed by atoms with Crippen molar-refractivity contribution in [3.63, 3.8) is 0 Å². The van der Waals surface area contributed by atoms with Crippen LogP contribution < -0.4 is 9.46 Å². The summed E-state index contributed by atoms with van der Waals surface area (Å²) in [5.74, 6) is -0.743. The first-order valence-electron chi connectivity index (χ1n) is 9.70. The van der Waals surface area contributed by atoms with Crippen molar-refractivity contribution in [3.8, 4) is 5.75 Å². The Morgan fingerprint density at radius 3 is 2.21 bits per heavy atom. The number of nitrogens with one attached hydrogen (secondary N) is 1. The highest BCUT2D eigenvalue weighted by Crippen LogP contribution is 2.52. The molecule has 2 atom stereocenters. The van der Waals surface area contributed by atoms with Crippen molar-refractivity contribution in [2.24, 2.45) is 0 Å². The molecule has 0 radical (unpaired) electrons. The van der Waals surface area contributed by atoms with Crippen LogP contribution >= 0.6 is 0 Å². The number of carbonyl (C=O) groups is 1. The van der Waals surface area contributed by atoms with Crippen LogP contribution in [0, 0.1) is 0 Å². The molecule has 8 heteroatoms. The molecule has 2 aromatic rings. The zero-order valence-corrected chi connectivity index (χ0v) is 16.7. The molecule has 1 aliphatic heterocycles. The van der Waals surface area contributed by atoms with Gasteiger partial charge in [0.15, 0.2) is 0 Å². The summed E-state index contributed by atoms with van der Waals surface area (Å²) in [5.41, 5.74) is -0.648. The number of para-hydroxylation sites is 1. The lowest BCUT2D eigenvalue weighted by atomic mass is 10.1. The van der Waals surface area contributed by atoms with Crippen LogP contribution in [-0.4, -0.2) is 48.5 Å². The molecule has 2 aromatic carbocycles. The van der Waals surface area contributed by atoms with Gasteiger partial charge in [0.05, 0.1) is 0 Å². The van der Waals surface area contributed by atoms with Gasteiger partial charge in [-0.25, -0.2) is 0 Å². The molecule has 1 heterocycles. The Balaban J connectivity index is 1.39. The number of carboxylic acid groups (broad SMARTS) is 1. The average molecular weight is 416 g/mol. The van der Waals surface area contributed by atoms with E-state index in [0.29, 0.717) is 25.9 Å². The summed E-state index contributed by atoms with van der Waals surface area (Å²) in [4.78, 5) is 11.9. The minimum Gasteiger partial charge on any atom is -0.490 e. The van der Waals surface area contributed by atoms with Crippen LogP contribution in [-0.2, 0) is 15.0 Å². The van der Waals surface area contributed by atoms with E-state index in [0.717, 1.165) is 11.3 Å². The Labute approximate surface area is 170 Å². The van der Waals surface area contributed by atoms with Crippen LogP contribution in [0.15, 0.2) is 60.7 Å². The maximum absolute atomic E-state index is 12.9. The van der Waals surface area contributed by atoms with Crippen molar-refractivity contribution < 1.29 is 23.1 Å². The number of hydrogen-bond donors (Lipinski definition) is 2. The number of carboxylic acids is 1. The SMILES string of the molecule is O=C(O)C1(NS(=O)(=O)N2CCC(Oc3ccccc3)CC2)CC1c1ccccc1. The van der Waals surface area contributed by atoms with Crippen LogP contribution in [0.25, 0.3) is 0 Å². The Bertz CT molecular complexity index is 959. The van der Waals surface area contributed by atoms with Gasteiger partial charge in [-0.05, 0) is 37.0 Å². The Morgan fingerprint density at radius 1 is 1.03 bits per heavy atom. The fourth-order valence-corrected chi connectivity index (χ4v) is 5.51. The number of aliphatic carboxylic acids is 1. The van der Waals surface area contributed by atoms with E-state index in [1.165, 1.54) is 4.31 Å². The minimum atomic E-state index is -3.91. The molecule has 2 N–H and O–H groups in total. The normalized spacial score (nSPS) is 25.4. The largest absolute Gasteiger partial charge is 0.490 e. The molecule has 0 amide bonds. The van der Waals surface area contributed by atoms with Crippen molar-refractivity contribution in [3.05, 3.63) is 66.2 Å². The standard InChI is InChI=1S/C21H24N2O5S/c24-20(25)21(15-19(21)16-7-3-1-4-8-16)22-29(26,27)23-13-11-18(12-14-23)28-17-9-5-2-6-10-17/h1-10,18-19,22H,11-15H2,(H,24,25). The van der Waals surface area contributed by atoms with E-state index >= 15 is 0 Å². The second-order valence-corrected chi connectivity index (χ2v) is 9.25. The van der Waals surface area contributed by atoms with E-state index in [1.807, 2.05) is 60.7 Å². The quantitative estimate of drug-likeness (QED) is 0.723. The second-order valence-electron chi connectivity index (χ2n) is 7.58. The molecule has 7 nitrogen and oxygen atoms in total. The lowest BCUT2D eigenvalue weighted by molar-refractivity contribution is -0.140. The Hall–Kier alpha value is -2.42. The molecule has 1 aliphatic carbocycles. The predicted octanol–water partition coefficient (Wildman–Crippen LogP) is 2.38. The molecule has 2 aliphatic rings. The van der Waals surface area contributed by atoms with Gasteiger partial charge in [0.2, 0.25) is 0 Å². The molecule has 0 bridgehead atoms. The molecule has 2 unspecified atom stereocenters. The Kier molecular flexibility index (Phi) is 5.33. The van der Waals surface area contributed by atoms with Crippen molar-refractivity contribution in [1.82, 2.24) is 9.03 Å². The zero-order valence-electron chi connectivity index (χ0n) is 15.9. The van der Waals surface area contributed by atoms with E-state index < -0.39 is 21.7 Å². The van der Waals surface area contributed by atoms with Gasteiger partial charge in [0.25, 0.3) is 10.2 Å². The fraction of sp³-hybridized carbons (Fsp3) is 0.381. The molecule has 1 saturated carbocycles. The summed E-state index contributed by atoms with van der Waals surface area (Å²) < 4.78 is 35.5. The third-order valence-corrected chi connectivity index (χ3v) is 7.31. The third kappa shape index (κ3) is 4.14. The van der Waals surface area contributed by atoms with Gasteiger partial charge in [0, 0.05) is 19.0 Å². The smallest absolute Gasteiger partial charge is 0.325 e. The zero-order chi connectivity index (χ0) is 20.5. The molecule has 154 valence electrons. The summed E-state index contributed by atoms with van der Waals surface area (Å²) in [6.07, 6.45) is 1.30. The second kappa shape index (κ2) is 7.78. The summed E-state index contributed by atoms with van der Waals surface area (Å²) >= 11 is 0. The highest BCUT2D eigenvalue weighted by Gasteiger charge is 2.63. The van der Waals surface area contributed by atoms with E-state index in [-0.39, 0.29) is 18.4 Å². The van der Waals surface area contributed by atoms with Gasteiger partial charge in [-0.1, -0.05) is 48.5 Å². The van der Waals surface area contributed by atoms with Gasteiger partial charge in [-0.2, -0.15) is 17.4 Å². The fourth-order valence-electron chi connectivity index (χ4n) is 3.92. The number of piperidine rings is 1. The minimum absolute atomic E-state index is 0.0599. The molecule has 0 spiro atoms. The van der Waals surface area contributed by atoms with E-state index in [1.54, 1.807) is 0 Å². The average Bonchev–Trinajstić information content (AvgIpc) is 3.45. The van der Waals surface area contributed by atoms with Gasteiger partial charge in [-0.15, -0.1) is 0 Å². The van der Waals surface area contributed by atoms with Gasteiger partial charge in [0.1, 0.15) is 17.4 Å². The Morgan fingerprint density at radius 2 is 1.62 bits per heavy atom. The van der Waals surface area contributed by atoms with Crippen molar-refractivity contribution in [2.75, 3.05) is 13.1 Å². The van der Waals surface area contributed by atoms with E-state index in [4.69, 9.17) is 4.74 Å². The van der Waals surface area contributed by atoms with Crippen molar-refractivity contribution in [2.45, 2.75) is 36.8 Å². The highest BCUT2D eigenvalue weighted by molar-refractivity contribution is 7.87. The number of ether oxygens (including phenoxy) is 1. The third-order valence-electron chi connectivity index (χ3n) is 5.64. The first kappa shape index (κ1) is 19.9. The summed E-state index contributed by atoms with van der Waals surface area (Å²) in [6, 6.07) is 18.6. The number of benzene rings is 2. The van der Waals surface area contributed by atoms with E-state index in [2.05, 4.69) is 4.72 Å². The number of rotatable bonds is 7. The van der Waals surface area contributed by atoms with Crippen LogP contribution in [0.5, 0.6) is 5.75 Å². The molecular formula is C21H24N2O5S. The number of nitrogens with zero attached hydrogens (tertiary/aromatic N) is 1. The van der Waals surface area contributed by atoms with Gasteiger partial charge < -0.3 is 9.84 Å². The summed E-state index contributed by atoms with van der Waals surface area (Å²) in [5, 5.41) is 9.74. The molecule has 0 aromatic heterocycles. The monoisotopic (exact) mass is 416 g/mol. The lowest BCUT2D eigenvalue weighted by Gasteiger charge is -2.32. The molecule has 4 rings (SSSR count). The predicted molar refractivity (Wildman–Crippen MR) is 108 cm³/mol. The molecule has 1 saturated heterocycles. The molecule has 2 fully saturated rings. The molecule has 29 heavy (non-hydrogen) atoms. The van der Waals surface area contributed by atoms with Crippen LogP contribution in [0.1, 0.15) is 30.7 Å². The summed E-state index contributed by atoms with van der Waals surface area (Å²) in [7, 11) is -3.91. The van der Waals surface area contributed by atoms with Crippen molar-refractivity contribution in [1.29, 1.82) is 0 Å². The maximum atomic E-state index is 12.9. The van der Waals surface area contributed by atoms with Gasteiger partial charge >= 0.3 is 5.97 Å². The first-order chi connectivity index (χ1) is 13.9. The van der Waals surface area contributed by atoms with Gasteiger partial charge in [-0.3, -0.25) is 4.79 Å². The van der Waals surface area contributed by atoms with Crippen LogP contribution in [0.2, 0.25) is 0 Å². The maximum Gasteiger partial charge on any atom is 0.325 e. The number of hydrogen-bond acceptors (Lipinski definition) is 4. The lowest BCUT2D eigenvalue weighted by Crippen LogP contribution is -2.53. The van der Waals surface area contributed by atoms with Crippen LogP contribution in [0.4, 0.5) is 0 Å². The molecular weight excluding hydrogens is 392 g/mol. The summed E-state index contributed by atoms with van der Waals surface area (Å²) in [6.45, 7) is 0.580. The van der Waals surface area contributed by atoms with Crippen LogP contribution in [0.3, 0.4) is 0 Å². The van der Waals surface area contributed by atoms with E-state index in [9.17, 15) is 18.3 Å². The van der Waals surface area contributed by atoms with Crippen molar-refractivity contribution >= 4 is 16.2 Å². The topological polar surface area (TPSA) is 95.9 Å². The first-order valence-corrected chi connectivity index (χ1v) is 11.1. The highest BCUT2D eigenvalue weighted by atomic mass is 32.2.